The van der Waals surface area contributed by atoms with E-state index in [1.165, 1.54) is 0 Å². The van der Waals surface area contributed by atoms with Crippen molar-refractivity contribution >= 4 is 11.5 Å². The summed E-state index contributed by atoms with van der Waals surface area (Å²) in [6.07, 6.45) is 1.70. The summed E-state index contributed by atoms with van der Waals surface area (Å²) in [4.78, 5) is 13.8. The molecule has 0 aromatic carbocycles. The molecule has 0 saturated carbocycles. The third kappa shape index (κ3) is 3.11. The van der Waals surface area contributed by atoms with Gasteiger partial charge in [-0.2, -0.15) is 9.61 Å². The Kier molecular flexibility index (Phi) is 4.23. The minimum atomic E-state index is 0.426. The van der Waals surface area contributed by atoms with Gasteiger partial charge >= 0.3 is 0 Å². The van der Waals surface area contributed by atoms with Gasteiger partial charge < -0.3 is 4.90 Å². The van der Waals surface area contributed by atoms with E-state index in [2.05, 4.69) is 55.0 Å². The molecule has 3 aromatic heterocycles. The Labute approximate surface area is 164 Å². The molecule has 0 radical (unpaired) electrons. The van der Waals surface area contributed by atoms with E-state index in [4.69, 9.17) is 0 Å². The molecule has 3 aromatic rings. The molecule has 8 nitrogen and oxygen atoms in total. The second-order valence-corrected chi connectivity index (χ2v) is 8.44. The van der Waals surface area contributed by atoms with Crippen LogP contribution in [-0.4, -0.2) is 60.9 Å². The molecule has 2 unspecified atom stereocenters. The molecule has 2 atom stereocenters. The van der Waals surface area contributed by atoms with Crippen molar-refractivity contribution in [3.8, 4) is 0 Å². The van der Waals surface area contributed by atoms with Crippen molar-refractivity contribution in [1.29, 1.82) is 0 Å². The molecule has 5 heterocycles. The average Bonchev–Trinajstić information content (AvgIpc) is 3.35. The maximum atomic E-state index is 4.57. The predicted molar refractivity (Wildman–Crippen MR) is 106 cm³/mol. The molecule has 0 spiro atoms. The molecule has 5 rings (SSSR count). The standard InChI is InChI=1S/C20H26N8/c1-13(2)17-6-19(22-12-21-17)27-9-15-7-26(8-16(15)10-27)11-20-24-23-18-5-4-14(3)25-28(18)20/h4-6,12-13,15-16H,7-11H2,1-3H3. The fourth-order valence-electron chi connectivity index (χ4n) is 4.48. The summed E-state index contributed by atoms with van der Waals surface area (Å²) in [7, 11) is 0. The van der Waals surface area contributed by atoms with E-state index in [0.717, 1.165) is 61.4 Å². The highest BCUT2D eigenvalue weighted by Crippen LogP contribution is 2.34. The molecule has 2 aliphatic rings. The van der Waals surface area contributed by atoms with E-state index in [9.17, 15) is 0 Å². The van der Waals surface area contributed by atoms with Gasteiger partial charge in [0, 0.05) is 37.9 Å². The summed E-state index contributed by atoms with van der Waals surface area (Å²) >= 11 is 0. The van der Waals surface area contributed by atoms with Crippen LogP contribution >= 0.6 is 0 Å². The first kappa shape index (κ1) is 17.5. The minimum absolute atomic E-state index is 0.426. The molecule has 0 N–H and O–H groups in total. The van der Waals surface area contributed by atoms with Gasteiger partial charge in [0.15, 0.2) is 11.5 Å². The number of hydrogen-bond acceptors (Lipinski definition) is 7. The summed E-state index contributed by atoms with van der Waals surface area (Å²) in [6, 6.07) is 6.10. The third-order valence-electron chi connectivity index (χ3n) is 5.98. The van der Waals surface area contributed by atoms with Crippen molar-refractivity contribution in [2.24, 2.45) is 11.8 Å². The molecule has 2 fully saturated rings. The topological polar surface area (TPSA) is 75.3 Å². The summed E-state index contributed by atoms with van der Waals surface area (Å²) in [5.74, 6) is 3.77. The van der Waals surface area contributed by atoms with Gasteiger partial charge in [0.2, 0.25) is 0 Å². The van der Waals surface area contributed by atoms with E-state index in [-0.39, 0.29) is 0 Å². The van der Waals surface area contributed by atoms with E-state index in [1.54, 1.807) is 6.33 Å². The second-order valence-electron chi connectivity index (χ2n) is 8.44. The Morgan fingerprint density at radius 3 is 2.57 bits per heavy atom. The second kappa shape index (κ2) is 6.77. The van der Waals surface area contributed by atoms with Crippen molar-refractivity contribution in [2.45, 2.75) is 33.2 Å². The lowest BCUT2D eigenvalue weighted by atomic mass is 10.0. The summed E-state index contributed by atoms with van der Waals surface area (Å²) in [5.41, 5.74) is 2.91. The van der Waals surface area contributed by atoms with Crippen molar-refractivity contribution in [3.63, 3.8) is 0 Å². The van der Waals surface area contributed by atoms with Crippen LogP contribution in [0.1, 0.15) is 37.0 Å². The van der Waals surface area contributed by atoms with Gasteiger partial charge in [-0.1, -0.05) is 13.8 Å². The number of aromatic nitrogens is 6. The number of anilines is 1. The van der Waals surface area contributed by atoms with E-state index in [1.807, 2.05) is 23.6 Å². The van der Waals surface area contributed by atoms with Gasteiger partial charge in [0.25, 0.3) is 0 Å². The van der Waals surface area contributed by atoms with E-state index in [0.29, 0.717) is 17.8 Å². The average molecular weight is 378 g/mol. The maximum absolute atomic E-state index is 4.57. The number of rotatable bonds is 4. The molecule has 2 aliphatic heterocycles. The van der Waals surface area contributed by atoms with Crippen LogP contribution in [0.15, 0.2) is 24.5 Å². The summed E-state index contributed by atoms with van der Waals surface area (Å²) in [6.45, 7) is 11.4. The Hall–Kier alpha value is -2.61. The number of likely N-dealkylation sites (tertiary alicyclic amines) is 1. The molecular formula is C20H26N8. The van der Waals surface area contributed by atoms with Gasteiger partial charge in [0.05, 0.1) is 12.2 Å². The first-order valence-electron chi connectivity index (χ1n) is 10.0. The summed E-state index contributed by atoms with van der Waals surface area (Å²) < 4.78 is 1.88. The van der Waals surface area contributed by atoms with Crippen LogP contribution in [0.2, 0.25) is 0 Å². The van der Waals surface area contributed by atoms with Gasteiger partial charge in [-0.3, -0.25) is 4.90 Å². The lowest BCUT2D eigenvalue weighted by Crippen LogP contribution is -2.29. The quantitative estimate of drug-likeness (QED) is 0.686. The third-order valence-corrected chi connectivity index (χ3v) is 5.98. The van der Waals surface area contributed by atoms with Gasteiger partial charge in [-0.15, -0.1) is 10.2 Å². The van der Waals surface area contributed by atoms with Crippen LogP contribution in [0.3, 0.4) is 0 Å². The van der Waals surface area contributed by atoms with Crippen LogP contribution in [0.4, 0.5) is 5.82 Å². The van der Waals surface area contributed by atoms with Gasteiger partial charge in [0.1, 0.15) is 12.1 Å². The predicted octanol–water partition coefficient (Wildman–Crippen LogP) is 1.91. The fraction of sp³-hybridized carbons (Fsp3) is 0.550. The minimum Gasteiger partial charge on any atom is -0.356 e. The lowest BCUT2D eigenvalue weighted by Gasteiger charge is -2.22. The van der Waals surface area contributed by atoms with Crippen LogP contribution in [0, 0.1) is 18.8 Å². The molecule has 28 heavy (non-hydrogen) atoms. The molecule has 0 amide bonds. The van der Waals surface area contributed by atoms with E-state index >= 15 is 0 Å². The van der Waals surface area contributed by atoms with Crippen molar-refractivity contribution < 1.29 is 0 Å². The van der Waals surface area contributed by atoms with Crippen LogP contribution in [0.25, 0.3) is 5.65 Å². The van der Waals surface area contributed by atoms with Crippen molar-refractivity contribution in [2.75, 3.05) is 31.1 Å². The Morgan fingerprint density at radius 1 is 1.04 bits per heavy atom. The molecule has 8 heteroatoms. The molecule has 0 aliphatic carbocycles. The van der Waals surface area contributed by atoms with Gasteiger partial charge in [-0.25, -0.2) is 9.97 Å². The zero-order valence-electron chi connectivity index (χ0n) is 16.7. The molecular weight excluding hydrogens is 352 g/mol. The van der Waals surface area contributed by atoms with Gasteiger partial charge in [-0.05, 0) is 36.8 Å². The highest BCUT2D eigenvalue weighted by Gasteiger charge is 2.40. The maximum Gasteiger partial charge on any atom is 0.177 e. The molecule has 0 bridgehead atoms. The number of nitrogens with zero attached hydrogens (tertiary/aromatic N) is 8. The largest absolute Gasteiger partial charge is 0.356 e. The van der Waals surface area contributed by atoms with Crippen LogP contribution in [0.5, 0.6) is 0 Å². The smallest absolute Gasteiger partial charge is 0.177 e. The zero-order chi connectivity index (χ0) is 19.3. The summed E-state index contributed by atoms with van der Waals surface area (Å²) in [5, 5.41) is 13.2. The SMILES string of the molecule is Cc1ccc2nnc(CN3CC4CN(c5cc(C(C)C)ncn5)CC4C3)n2n1. The number of aryl methyl sites for hydroxylation is 1. The number of fused-ring (bicyclic) bond motifs is 2. The Morgan fingerprint density at radius 2 is 1.82 bits per heavy atom. The van der Waals surface area contributed by atoms with Crippen LogP contribution in [-0.2, 0) is 6.54 Å². The number of hydrogen-bond donors (Lipinski definition) is 0. The zero-order valence-corrected chi connectivity index (χ0v) is 16.7. The Bertz CT molecular complexity index is 983. The molecule has 146 valence electrons. The monoisotopic (exact) mass is 378 g/mol. The normalized spacial score (nSPS) is 22.5. The fourth-order valence-corrected chi connectivity index (χ4v) is 4.48. The van der Waals surface area contributed by atoms with Crippen molar-refractivity contribution in [3.05, 3.63) is 41.7 Å². The first-order chi connectivity index (χ1) is 13.6. The van der Waals surface area contributed by atoms with Crippen LogP contribution < -0.4 is 4.90 Å². The highest BCUT2D eigenvalue weighted by molar-refractivity contribution is 5.41. The van der Waals surface area contributed by atoms with E-state index < -0.39 is 0 Å². The lowest BCUT2D eigenvalue weighted by molar-refractivity contribution is 0.298. The first-order valence-corrected chi connectivity index (χ1v) is 10.0. The molecule has 2 saturated heterocycles. The Balaban J connectivity index is 1.26. The van der Waals surface area contributed by atoms with Crippen molar-refractivity contribution in [1.82, 2.24) is 34.7 Å². The highest BCUT2D eigenvalue weighted by atomic mass is 15.4.